The van der Waals surface area contributed by atoms with Crippen molar-refractivity contribution in [1.29, 1.82) is 10.5 Å². The molecule has 0 radical (unpaired) electrons. The summed E-state index contributed by atoms with van der Waals surface area (Å²) in [6.45, 7) is 0. The minimum Gasteiger partial charge on any atom is -0.335 e. The first-order chi connectivity index (χ1) is 17.6. The summed E-state index contributed by atoms with van der Waals surface area (Å²) in [6, 6.07) is 21.1. The van der Waals surface area contributed by atoms with E-state index in [9.17, 15) is 17.2 Å². The van der Waals surface area contributed by atoms with Crippen molar-refractivity contribution >= 4 is 33.3 Å². The maximum Gasteiger partial charge on any atom is 0.261 e. The molecule has 0 bridgehead atoms. The molecule has 4 aromatic rings. The van der Waals surface area contributed by atoms with Gasteiger partial charge in [-0.05, 0) is 65.7 Å². The first-order valence-corrected chi connectivity index (χ1v) is 12.2. The van der Waals surface area contributed by atoms with E-state index in [1.165, 1.54) is 24.4 Å². The zero-order chi connectivity index (χ0) is 27.0. The number of halogens is 2. The van der Waals surface area contributed by atoms with Crippen LogP contribution in [0.1, 0.15) is 11.1 Å². The summed E-state index contributed by atoms with van der Waals surface area (Å²) in [5.41, 5.74) is 2.23. The van der Waals surface area contributed by atoms with Gasteiger partial charge in [-0.25, -0.2) is 13.8 Å². The second-order valence-corrected chi connectivity index (χ2v) is 8.91. The molecule has 0 spiro atoms. The Morgan fingerprint density at radius 3 is 1.86 bits per heavy atom. The molecule has 3 N–H and O–H groups in total. The Labute approximate surface area is 211 Å². The molecule has 0 atom stereocenters. The first-order valence-electron chi connectivity index (χ1n) is 10.3. The van der Waals surface area contributed by atoms with Crippen molar-refractivity contribution < 1.29 is 21.8 Å². The molecule has 0 fully saturated rings. The third-order valence-electron chi connectivity index (χ3n) is 4.57. The number of hydrogen-bond acceptors (Lipinski definition) is 8. The van der Waals surface area contributed by atoms with E-state index in [1.54, 1.807) is 48.5 Å². The van der Waals surface area contributed by atoms with Gasteiger partial charge < -0.3 is 10.6 Å². The third kappa shape index (κ3) is 8.07. The van der Waals surface area contributed by atoms with E-state index in [2.05, 4.69) is 20.6 Å². The van der Waals surface area contributed by atoms with Gasteiger partial charge in [-0.2, -0.15) is 23.9 Å². The number of rotatable bonds is 5. The van der Waals surface area contributed by atoms with Crippen molar-refractivity contribution in [2.24, 2.45) is 0 Å². The van der Waals surface area contributed by atoms with Gasteiger partial charge in [0.25, 0.3) is 10.1 Å². The molecule has 0 unspecified atom stereocenters. The SMILES string of the molecule is CS(=O)(=O)O.N#Cc1ccc(Nc2nccc(Nc3c(F)cc(-c4ccc(C#N)cc4)cc3F)n2)cc1. The molecule has 0 aliphatic rings. The highest BCUT2D eigenvalue weighted by Crippen LogP contribution is 2.29. The van der Waals surface area contributed by atoms with Crippen molar-refractivity contribution in [3.63, 3.8) is 0 Å². The normalized spacial score (nSPS) is 10.3. The van der Waals surface area contributed by atoms with E-state index < -0.39 is 21.8 Å². The lowest BCUT2D eigenvalue weighted by atomic mass is 10.0. The smallest absolute Gasteiger partial charge is 0.261 e. The lowest BCUT2D eigenvalue weighted by Crippen LogP contribution is -2.03. The summed E-state index contributed by atoms with van der Waals surface area (Å²) in [5, 5.41) is 23.4. The van der Waals surface area contributed by atoms with Crippen molar-refractivity contribution in [3.05, 3.63) is 95.7 Å². The largest absolute Gasteiger partial charge is 0.335 e. The Morgan fingerprint density at radius 1 is 0.838 bits per heavy atom. The van der Waals surface area contributed by atoms with Crippen LogP contribution in [0, 0.1) is 34.3 Å². The standard InChI is InChI=1S/C24H14F2N6.CH4O3S/c25-20-11-18(17-5-1-15(13-27)2-6-17)12-21(26)23(20)31-22-9-10-29-24(32-22)30-19-7-3-16(14-28)4-8-19;1-5(2,3)4/h1-12H,(H2,29,30,31,32);1H3,(H,2,3,4). The van der Waals surface area contributed by atoms with Gasteiger partial charge in [0.2, 0.25) is 5.95 Å². The van der Waals surface area contributed by atoms with Crippen LogP contribution in [0.5, 0.6) is 0 Å². The average Bonchev–Trinajstić information content (AvgIpc) is 2.86. The molecule has 12 heteroatoms. The molecule has 0 aliphatic carbocycles. The molecule has 1 heterocycles. The van der Waals surface area contributed by atoms with E-state index in [0.717, 1.165) is 0 Å². The Hall–Kier alpha value is -4.91. The highest BCUT2D eigenvalue weighted by atomic mass is 32.2. The number of anilines is 4. The Bertz CT molecular complexity index is 1570. The lowest BCUT2D eigenvalue weighted by molar-refractivity contribution is 0.490. The Kier molecular flexibility index (Phi) is 8.43. The maximum atomic E-state index is 14.7. The highest BCUT2D eigenvalue weighted by molar-refractivity contribution is 7.85. The van der Waals surface area contributed by atoms with Crippen LogP contribution in [-0.2, 0) is 10.1 Å². The van der Waals surface area contributed by atoms with Gasteiger partial charge in [-0.3, -0.25) is 4.55 Å². The zero-order valence-corrected chi connectivity index (χ0v) is 20.0. The van der Waals surface area contributed by atoms with Crippen LogP contribution in [0.15, 0.2) is 72.9 Å². The van der Waals surface area contributed by atoms with Crippen molar-refractivity contribution in [2.75, 3.05) is 16.9 Å². The molecule has 4 rings (SSSR count). The number of nitrogens with one attached hydrogen (secondary N) is 2. The quantitative estimate of drug-likeness (QED) is 0.303. The minimum atomic E-state index is -3.67. The Morgan fingerprint density at radius 2 is 1.35 bits per heavy atom. The average molecular weight is 521 g/mol. The predicted octanol–water partition coefficient (Wildman–Crippen LogP) is 5.16. The van der Waals surface area contributed by atoms with E-state index >= 15 is 0 Å². The van der Waals surface area contributed by atoms with E-state index in [0.29, 0.717) is 34.2 Å². The summed E-state index contributed by atoms with van der Waals surface area (Å²) in [6.07, 6.45) is 2.16. The highest BCUT2D eigenvalue weighted by Gasteiger charge is 2.14. The predicted molar refractivity (Wildman–Crippen MR) is 134 cm³/mol. The van der Waals surface area contributed by atoms with Gasteiger partial charge >= 0.3 is 0 Å². The van der Waals surface area contributed by atoms with Crippen LogP contribution < -0.4 is 10.6 Å². The van der Waals surface area contributed by atoms with Crippen LogP contribution in [0.2, 0.25) is 0 Å². The minimum absolute atomic E-state index is 0.195. The zero-order valence-electron chi connectivity index (χ0n) is 19.1. The lowest BCUT2D eigenvalue weighted by Gasteiger charge is -2.12. The molecule has 9 nitrogen and oxygen atoms in total. The van der Waals surface area contributed by atoms with Gasteiger partial charge in [-0.1, -0.05) is 12.1 Å². The van der Waals surface area contributed by atoms with Gasteiger partial charge in [0.1, 0.15) is 23.1 Å². The Balaban J connectivity index is 0.000000695. The number of nitriles is 2. The van der Waals surface area contributed by atoms with Crippen molar-refractivity contribution in [3.8, 4) is 23.3 Å². The van der Waals surface area contributed by atoms with Crippen LogP contribution in [-0.4, -0.2) is 29.2 Å². The molecule has 1 aromatic heterocycles. The fourth-order valence-electron chi connectivity index (χ4n) is 2.97. The van der Waals surface area contributed by atoms with Crippen molar-refractivity contribution in [1.82, 2.24) is 9.97 Å². The number of nitrogens with zero attached hydrogens (tertiary/aromatic N) is 4. The van der Waals surface area contributed by atoms with Crippen LogP contribution in [0.25, 0.3) is 11.1 Å². The summed E-state index contributed by atoms with van der Waals surface area (Å²) in [5.74, 6) is -1.16. The van der Waals surface area contributed by atoms with Crippen LogP contribution in [0.3, 0.4) is 0 Å². The van der Waals surface area contributed by atoms with E-state index in [-0.39, 0.29) is 17.5 Å². The van der Waals surface area contributed by atoms with Crippen molar-refractivity contribution in [2.45, 2.75) is 0 Å². The fraction of sp³-hybridized carbons (Fsp3) is 0.0400. The third-order valence-corrected chi connectivity index (χ3v) is 4.57. The first kappa shape index (κ1) is 26.7. The van der Waals surface area contributed by atoms with E-state index in [1.807, 2.05) is 12.1 Å². The number of aromatic nitrogens is 2. The fourth-order valence-corrected chi connectivity index (χ4v) is 2.97. The summed E-state index contributed by atoms with van der Waals surface area (Å²) >= 11 is 0. The van der Waals surface area contributed by atoms with Gasteiger partial charge in [-0.15, -0.1) is 0 Å². The molecular weight excluding hydrogens is 502 g/mol. The monoisotopic (exact) mass is 520 g/mol. The molecule has 37 heavy (non-hydrogen) atoms. The van der Waals surface area contributed by atoms with Gasteiger partial charge in [0.15, 0.2) is 0 Å². The summed E-state index contributed by atoms with van der Waals surface area (Å²) < 4.78 is 55.3. The molecule has 3 aromatic carbocycles. The topological polar surface area (TPSA) is 152 Å². The molecule has 0 aliphatic heterocycles. The van der Waals surface area contributed by atoms with Gasteiger partial charge in [0, 0.05) is 11.9 Å². The van der Waals surface area contributed by atoms with Gasteiger partial charge in [0.05, 0.1) is 29.5 Å². The molecule has 0 saturated heterocycles. The summed E-state index contributed by atoms with van der Waals surface area (Å²) in [7, 11) is -3.67. The second kappa shape index (κ2) is 11.7. The number of benzene rings is 3. The summed E-state index contributed by atoms with van der Waals surface area (Å²) in [4.78, 5) is 8.32. The molecule has 0 saturated carbocycles. The van der Waals surface area contributed by atoms with Crippen LogP contribution >= 0.6 is 0 Å². The number of hydrogen-bond donors (Lipinski definition) is 3. The second-order valence-electron chi connectivity index (χ2n) is 7.44. The molecular formula is C25H18F2N6O3S. The molecule has 186 valence electrons. The molecule has 0 amide bonds. The van der Waals surface area contributed by atoms with E-state index in [4.69, 9.17) is 15.1 Å². The van der Waals surface area contributed by atoms with Crippen LogP contribution in [0.4, 0.5) is 31.9 Å². The maximum absolute atomic E-state index is 14.7.